The van der Waals surface area contributed by atoms with Gasteiger partial charge in [0.05, 0.1) is 18.9 Å². The Bertz CT molecular complexity index is 624. The number of amides is 1. The third-order valence-corrected chi connectivity index (χ3v) is 4.65. The number of nitrogens with one attached hydrogen (secondary N) is 3. The molecule has 0 aliphatic carbocycles. The van der Waals surface area contributed by atoms with Gasteiger partial charge in [0, 0.05) is 26.2 Å². The van der Waals surface area contributed by atoms with Gasteiger partial charge in [-0.05, 0) is 25.0 Å². The molecule has 144 valence electrons. The second kappa shape index (κ2) is 12.2. The fourth-order valence-corrected chi connectivity index (χ4v) is 3.60. The number of carbonyl (C=O) groups is 1. The fourth-order valence-electron chi connectivity index (χ4n) is 2.11. The van der Waals surface area contributed by atoms with Gasteiger partial charge in [-0.3, -0.25) is 4.79 Å². The van der Waals surface area contributed by atoms with E-state index in [2.05, 4.69) is 15.4 Å². The van der Waals surface area contributed by atoms with E-state index >= 15 is 0 Å². The Morgan fingerprint density at radius 2 is 1.84 bits per heavy atom. The van der Waals surface area contributed by atoms with Gasteiger partial charge in [-0.2, -0.15) is 0 Å². The van der Waals surface area contributed by atoms with Crippen LogP contribution in [0.1, 0.15) is 25.0 Å². The summed E-state index contributed by atoms with van der Waals surface area (Å²) in [5, 5.41) is 5.74. The number of sulfonamides is 1. The van der Waals surface area contributed by atoms with Crippen LogP contribution < -0.4 is 15.4 Å². The highest BCUT2D eigenvalue weighted by Gasteiger charge is 2.15. The molecule has 1 aromatic rings. The second-order valence-electron chi connectivity index (χ2n) is 5.75. The van der Waals surface area contributed by atoms with Crippen LogP contribution in [-0.2, 0) is 31.9 Å². The Kier molecular flexibility index (Phi) is 11.6. The zero-order valence-electron chi connectivity index (χ0n) is 14.9. The van der Waals surface area contributed by atoms with Crippen LogP contribution in [0, 0.1) is 0 Å². The highest BCUT2D eigenvalue weighted by Crippen LogP contribution is 2.12. The topological polar surface area (TPSA) is 96.5 Å². The predicted molar refractivity (Wildman–Crippen MR) is 101 cm³/mol. The summed E-state index contributed by atoms with van der Waals surface area (Å²) >= 11 is 0. The molecular formula is C16H28ClN3O4S. The number of ether oxygens (including phenoxy) is 1. The molecule has 0 saturated carbocycles. The molecule has 0 fully saturated rings. The lowest BCUT2D eigenvalue weighted by Crippen LogP contribution is -2.35. The highest BCUT2D eigenvalue weighted by molar-refractivity contribution is 7.88. The van der Waals surface area contributed by atoms with Crippen molar-refractivity contribution >= 4 is 28.3 Å². The van der Waals surface area contributed by atoms with Gasteiger partial charge < -0.3 is 15.4 Å². The van der Waals surface area contributed by atoms with Crippen molar-refractivity contribution in [2.45, 2.75) is 32.2 Å². The van der Waals surface area contributed by atoms with Crippen molar-refractivity contribution in [3.05, 3.63) is 35.4 Å². The summed E-state index contributed by atoms with van der Waals surface area (Å²) in [5.74, 6) is -0.257. The molecule has 1 amide bonds. The number of benzene rings is 1. The summed E-state index contributed by atoms with van der Waals surface area (Å²) < 4.78 is 31.6. The Morgan fingerprint density at radius 3 is 2.44 bits per heavy atom. The van der Waals surface area contributed by atoms with Crippen molar-refractivity contribution in [3.8, 4) is 0 Å². The molecule has 0 unspecified atom stereocenters. The summed E-state index contributed by atoms with van der Waals surface area (Å²) in [7, 11) is -1.81. The summed E-state index contributed by atoms with van der Waals surface area (Å²) in [6.07, 6.45) is 0. The SMILES string of the molecule is COCCNCC(=O)NCc1ccccc1CS(=O)(=O)NC(C)C.Cl. The molecule has 9 heteroatoms. The lowest BCUT2D eigenvalue weighted by atomic mass is 10.1. The first-order valence-corrected chi connectivity index (χ1v) is 9.52. The smallest absolute Gasteiger partial charge is 0.234 e. The molecule has 0 heterocycles. The molecule has 0 saturated heterocycles. The maximum atomic E-state index is 12.1. The first-order valence-electron chi connectivity index (χ1n) is 7.87. The maximum Gasteiger partial charge on any atom is 0.234 e. The Labute approximate surface area is 156 Å². The minimum absolute atomic E-state index is 0. The monoisotopic (exact) mass is 393 g/mol. The van der Waals surface area contributed by atoms with Crippen LogP contribution in [0.2, 0.25) is 0 Å². The highest BCUT2D eigenvalue weighted by atomic mass is 35.5. The Balaban J connectivity index is 0.00000576. The molecule has 25 heavy (non-hydrogen) atoms. The number of hydrogen-bond acceptors (Lipinski definition) is 5. The summed E-state index contributed by atoms with van der Waals surface area (Å²) in [6.45, 7) is 5.17. The first-order chi connectivity index (χ1) is 11.3. The van der Waals surface area contributed by atoms with Crippen molar-refractivity contribution in [3.63, 3.8) is 0 Å². The number of hydrogen-bond donors (Lipinski definition) is 3. The molecule has 0 aliphatic heterocycles. The molecule has 3 N–H and O–H groups in total. The van der Waals surface area contributed by atoms with Crippen molar-refractivity contribution in [2.75, 3.05) is 26.8 Å². The van der Waals surface area contributed by atoms with Crippen LogP contribution in [0.3, 0.4) is 0 Å². The second-order valence-corrected chi connectivity index (χ2v) is 7.50. The minimum Gasteiger partial charge on any atom is -0.383 e. The lowest BCUT2D eigenvalue weighted by molar-refractivity contribution is -0.120. The normalized spacial score (nSPS) is 11.2. The first kappa shape index (κ1) is 23.8. The Morgan fingerprint density at radius 1 is 1.20 bits per heavy atom. The molecule has 1 rings (SSSR count). The van der Waals surface area contributed by atoms with Gasteiger partial charge >= 0.3 is 0 Å². The predicted octanol–water partition coefficient (Wildman–Crippen LogP) is 0.788. The zero-order valence-corrected chi connectivity index (χ0v) is 16.5. The standard InChI is InChI=1S/C16H27N3O4S.ClH/c1-13(2)19-24(21,22)12-15-7-5-4-6-14(15)10-18-16(20)11-17-8-9-23-3;/h4-7,13,17,19H,8-12H2,1-3H3,(H,18,20);1H. The average Bonchev–Trinajstić information content (AvgIpc) is 2.49. The molecule has 0 radical (unpaired) electrons. The van der Waals surface area contributed by atoms with E-state index in [9.17, 15) is 13.2 Å². The van der Waals surface area contributed by atoms with E-state index in [1.165, 1.54) is 0 Å². The van der Waals surface area contributed by atoms with Gasteiger partial charge in [0.2, 0.25) is 15.9 Å². The number of halogens is 1. The lowest BCUT2D eigenvalue weighted by Gasteiger charge is -2.13. The van der Waals surface area contributed by atoms with Crippen LogP contribution in [0.4, 0.5) is 0 Å². The third kappa shape index (κ3) is 10.4. The fraction of sp³-hybridized carbons (Fsp3) is 0.562. The van der Waals surface area contributed by atoms with Gasteiger partial charge in [-0.25, -0.2) is 13.1 Å². The Hall–Kier alpha value is -1.19. The molecule has 0 aromatic heterocycles. The van der Waals surface area contributed by atoms with E-state index in [0.29, 0.717) is 18.7 Å². The largest absolute Gasteiger partial charge is 0.383 e. The van der Waals surface area contributed by atoms with Crippen LogP contribution in [-0.4, -0.2) is 47.2 Å². The van der Waals surface area contributed by atoms with E-state index in [4.69, 9.17) is 4.74 Å². The maximum absolute atomic E-state index is 12.1. The summed E-state index contributed by atoms with van der Waals surface area (Å²) in [5.41, 5.74) is 1.47. The van der Waals surface area contributed by atoms with Crippen LogP contribution in [0.5, 0.6) is 0 Å². The quantitative estimate of drug-likeness (QED) is 0.483. The average molecular weight is 394 g/mol. The van der Waals surface area contributed by atoms with Gasteiger partial charge in [0.15, 0.2) is 0 Å². The van der Waals surface area contributed by atoms with Gasteiger partial charge in [-0.1, -0.05) is 24.3 Å². The van der Waals surface area contributed by atoms with Crippen LogP contribution in [0.25, 0.3) is 0 Å². The number of carbonyl (C=O) groups excluding carboxylic acids is 1. The van der Waals surface area contributed by atoms with Gasteiger partial charge in [0.1, 0.15) is 0 Å². The van der Waals surface area contributed by atoms with Crippen LogP contribution in [0.15, 0.2) is 24.3 Å². The van der Waals surface area contributed by atoms with Crippen molar-refractivity contribution in [1.82, 2.24) is 15.4 Å². The van der Waals surface area contributed by atoms with E-state index < -0.39 is 10.0 Å². The molecular weight excluding hydrogens is 366 g/mol. The van der Waals surface area contributed by atoms with Gasteiger partial charge in [0.25, 0.3) is 0 Å². The molecule has 0 bridgehead atoms. The third-order valence-electron chi connectivity index (χ3n) is 3.12. The van der Waals surface area contributed by atoms with Crippen molar-refractivity contribution in [1.29, 1.82) is 0 Å². The minimum atomic E-state index is -3.40. The van der Waals surface area contributed by atoms with E-state index in [0.717, 1.165) is 5.56 Å². The van der Waals surface area contributed by atoms with E-state index in [1.807, 2.05) is 12.1 Å². The molecule has 0 atom stereocenters. The van der Waals surface area contributed by atoms with E-state index in [1.54, 1.807) is 33.1 Å². The summed E-state index contributed by atoms with van der Waals surface area (Å²) in [4.78, 5) is 11.8. The number of rotatable bonds is 11. The summed E-state index contributed by atoms with van der Waals surface area (Å²) in [6, 6.07) is 7.04. The van der Waals surface area contributed by atoms with Crippen LogP contribution >= 0.6 is 12.4 Å². The van der Waals surface area contributed by atoms with Crippen molar-refractivity contribution < 1.29 is 17.9 Å². The molecule has 7 nitrogen and oxygen atoms in total. The van der Waals surface area contributed by atoms with E-state index in [-0.39, 0.29) is 43.2 Å². The van der Waals surface area contributed by atoms with Gasteiger partial charge in [-0.15, -0.1) is 12.4 Å². The molecule has 0 spiro atoms. The molecule has 0 aliphatic rings. The van der Waals surface area contributed by atoms with Crippen molar-refractivity contribution in [2.24, 2.45) is 0 Å². The molecule has 1 aromatic carbocycles. The number of methoxy groups -OCH3 is 1. The zero-order chi connectivity index (χ0) is 18.0.